The molecule has 0 heterocycles. The van der Waals surface area contributed by atoms with Gasteiger partial charge in [-0.05, 0) is 115 Å². The molecule has 2 aliphatic rings. The number of hydrogen-bond donors (Lipinski definition) is 3. The first-order valence-corrected chi connectivity index (χ1v) is 13.3. The normalized spacial score (nSPS) is 34.6. The quantitative estimate of drug-likeness (QED) is 0.231. The summed E-state index contributed by atoms with van der Waals surface area (Å²) in [6.45, 7) is 14.8. The highest BCUT2D eigenvalue weighted by Crippen LogP contribution is 2.62. The fourth-order valence-corrected chi connectivity index (χ4v) is 7.01. The largest absolute Gasteiger partial charge is 0.478 e. The van der Waals surface area contributed by atoms with Crippen LogP contribution in [0.1, 0.15) is 113 Å². The van der Waals surface area contributed by atoms with Gasteiger partial charge < -0.3 is 15.3 Å². The zero-order chi connectivity index (χ0) is 25.7. The van der Waals surface area contributed by atoms with Crippen molar-refractivity contribution in [1.82, 2.24) is 0 Å². The predicted molar refractivity (Wildman–Crippen MR) is 141 cm³/mol. The number of allylic oxidation sites excluding steroid dienone is 5. The summed E-state index contributed by atoms with van der Waals surface area (Å²) in [5.41, 5.74) is 2.44. The van der Waals surface area contributed by atoms with Crippen LogP contribution in [0.4, 0.5) is 0 Å². The summed E-state index contributed by atoms with van der Waals surface area (Å²) >= 11 is 0. The van der Waals surface area contributed by atoms with Gasteiger partial charge in [-0.2, -0.15) is 0 Å². The van der Waals surface area contributed by atoms with Crippen LogP contribution in [-0.4, -0.2) is 33.0 Å². The van der Waals surface area contributed by atoms with Crippen molar-refractivity contribution < 1.29 is 20.1 Å². The van der Waals surface area contributed by atoms with Gasteiger partial charge in [0.25, 0.3) is 0 Å². The third kappa shape index (κ3) is 6.85. The molecule has 4 heteroatoms. The zero-order valence-electron chi connectivity index (χ0n) is 22.8. The van der Waals surface area contributed by atoms with Crippen LogP contribution in [0.15, 0.2) is 34.9 Å². The van der Waals surface area contributed by atoms with Gasteiger partial charge in [0.1, 0.15) is 0 Å². The van der Waals surface area contributed by atoms with Crippen molar-refractivity contribution in [3.05, 3.63) is 34.9 Å². The minimum absolute atomic E-state index is 0.0690. The SMILES string of the molecule is C/C(=C\CC/C(C)=C/CCC1[C@](C)(O)CC[C@H]2C(C)(C)[C@@H](O)CC[C@]12C)CC/C=C(\C)C(=O)O. The summed E-state index contributed by atoms with van der Waals surface area (Å²) in [5.74, 6) is -0.147. The molecule has 2 saturated carbocycles. The van der Waals surface area contributed by atoms with Crippen LogP contribution in [-0.2, 0) is 4.79 Å². The Kier molecular flexibility index (Phi) is 9.81. The van der Waals surface area contributed by atoms with Crippen molar-refractivity contribution in [3.8, 4) is 0 Å². The van der Waals surface area contributed by atoms with E-state index in [0.29, 0.717) is 11.5 Å². The number of aliphatic hydroxyl groups excluding tert-OH is 1. The van der Waals surface area contributed by atoms with E-state index >= 15 is 0 Å². The zero-order valence-corrected chi connectivity index (χ0v) is 22.8. The number of fused-ring (bicyclic) bond motifs is 1. The van der Waals surface area contributed by atoms with Crippen LogP contribution in [0.25, 0.3) is 0 Å². The molecule has 5 atom stereocenters. The Morgan fingerprint density at radius 3 is 2.03 bits per heavy atom. The highest BCUT2D eigenvalue weighted by atomic mass is 16.4. The number of rotatable bonds is 10. The van der Waals surface area contributed by atoms with E-state index < -0.39 is 11.6 Å². The van der Waals surface area contributed by atoms with E-state index in [0.717, 1.165) is 64.2 Å². The average Bonchev–Trinajstić information content (AvgIpc) is 2.72. The molecule has 0 aromatic carbocycles. The van der Waals surface area contributed by atoms with Crippen molar-refractivity contribution >= 4 is 5.97 Å². The van der Waals surface area contributed by atoms with Crippen molar-refractivity contribution in [2.24, 2.45) is 22.7 Å². The lowest BCUT2D eigenvalue weighted by atomic mass is 9.44. The maximum atomic E-state index is 11.4. The number of carboxylic acids is 1. The van der Waals surface area contributed by atoms with E-state index in [1.54, 1.807) is 13.0 Å². The molecule has 0 spiro atoms. The summed E-state index contributed by atoms with van der Waals surface area (Å²) in [6, 6.07) is 0. The molecule has 0 aromatic rings. The number of hydrogen-bond acceptors (Lipinski definition) is 3. The van der Waals surface area contributed by atoms with E-state index in [-0.39, 0.29) is 22.9 Å². The lowest BCUT2D eigenvalue weighted by Gasteiger charge is -2.62. The highest BCUT2D eigenvalue weighted by molar-refractivity contribution is 5.85. The Bertz CT molecular complexity index is 801. The van der Waals surface area contributed by atoms with Crippen LogP contribution in [0.5, 0.6) is 0 Å². The maximum Gasteiger partial charge on any atom is 0.330 e. The van der Waals surface area contributed by atoms with Crippen molar-refractivity contribution in [3.63, 3.8) is 0 Å². The second-order valence-electron chi connectivity index (χ2n) is 12.3. The third-order valence-corrected chi connectivity index (χ3v) is 9.30. The molecule has 2 rings (SSSR count). The minimum Gasteiger partial charge on any atom is -0.478 e. The second-order valence-corrected chi connectivity index (χ2v) is 12.3. The fourth-order valence-electron chi connectivity index (χ4n) is 7.01. The van der Waals surface area contributed by atoms with Gasteiger partial charge in [-0.1, -0.05) is 50.1 Å². The lowest BCUT2D eigenvalue weighted by Crippen LogP contribution is -2.60. The molecule has 0 aromatic heterocycles. The molecular formula is C30H50O4. The van der Waals surface area contributed by atoms with Gasteiger partial charge in [0.2, 0.25) is 0 Å². The van der Waals surface area contributed by atoms with Gasteiger partial charge in [-0.15, -0.1) is 0 Å². The first-order chi connectivity index (χ1) is 15.7. The van der Waals surface area contributed by atoms with Crippen LogP contribution in [0.2, 0.25) is 0 Å². The Hall–Kier alpha value is -1.39. The summed E-state index contributed by atoms with van der Waals surface area (Å²) < 4.78 is 0. The van der Waals surface area contributed by atoms with Crippen LogP contribution >= 0.6 is 0 Å². The van der Waals surface area contributed by atoms with Gasteiger partial charge in [0.05, 0.1) is 11.7 Å². The van der Waals surface area contributed by atoms with Gasteiger partial charge in [-0.3, -0.25) is 0 Å². The first-order valence-electron chi connectivity index (χ1n) is 13.3. The Labute approximate surface area is 208 Å². The Morgan fingerprint density at radius 2 is 1.44 bits per heavy atom. The predicted octanol–water partition coefficient (Wildman–Crippen LogP) is 7.21. The number of aliphatic carboxylic acids is 1. The van der Waals surface area contributed by atoms with E-state index in [1.165, 1.54) is 11.1 Å². The monoisotopic (exact) mass is 474 g/mol. The van der Waals surface area contributed by atoms with Gasteiger partial charge in [0.15, 0.2) is 0 Å². The minimum atomic E-state index is -0.841. The molecule has 194 valence electrons. The molecule has 4 nitrogen and oxygen atoms in total. The van der Waals surface area contributed by atoms with Crippen molar-refractivity contribution in [2.75, 3.05) is 0 Å². The van der Waals surface area contributed by atoms with Crippen molar-refractivity contribution in [1.29, 1.82) is 0 Å². The molecule has 2 fully saturated rings. The molecule has 0 bridgehead atoms. The van der Waals surface area contributed by atoms with E-state index in [9.17, 15) is 15.0 Å². The third-order valence-electron chi connectivity index (χ3n) is 9.30. The fraction of sp³-hybridized carbons (Fsp3) is 0.767. The lowest BCUT2D eigenvalue weighted by molar-refractivity contribution is -0.195. The molecule has 34 heavy (non-hydrogen) atoms. The number of carboxylic acid groups (broad SMARTS) is 1. The van der Waals surface area contributed by atoms with E-state index in [1.807, 2.05) is 6.92 Å². The standard InChI is InChI=1S/C30H50O4/c1-21(13-9-15-23(3)27(32)33)11-8-12-22(2)14-10-16-25-29(6)19-18-26(31)28(4,5)24(29)17-20-30(25,7)34/h11,14-15,24-26,31,34H,8-10,12-13,16-20H2,1-7H3,(H,32,33)/b21-11+,22-14+,23-15+/t24-,25?,26-,29-,30+/m0/s1. The summed E-state index contributed by atoms with van der Waals surface area (Å²) in [4.78, 5) is 10.9. The van der Waals surface area contributed by atoms with Gasteiger partial charge in [0, 0.05) is 5.57 Å². The van der Waals surface area contributed by atoms with E-state index in [2.05, 4.69) is 46.8 Å². The molecule has 0 radical (unpaired) electrons. The van der Waals surface area contributed by atoms with Gasteiger partial charge in [-0.25, -0.2) is 4.79 Å². The Balaban J connectivity index is 1.91. The second kappa shape index (κ2) is 11.6. The molecule has 0 amide bonds. The maximum absolute atomic E-state index is 11.4. The first kappa shape index (κ1) is 28.8. The topological polar surface area (TPSA) is 77.8 Å². The van der Waals surface area contributed by atoms with Crippen LogP contribution in [0, 0.1) is 22.7 Å². The Morgan fingerprint density at radius 1 is 0.882 bits per heavy atom. The highest BCUT2D eigenvalue weighted by Gasteiger charge is 2.59. The van der Waals surface area contributed by atoms with Crippen LogP contribution in [0.3, 0.4) is 0 Å². The van der Waals surface area contributed by atoms with Gasteiger partial charge >= 0.3 is 5.97 Å². The molecule has 2 aliphatic carbocycles. The number of aliphatic hydroxyl groups is 2. The molecular weight excluding hydrogens is 424 g/mol. The summed E-state index contributed by atoms with van der Waals surface area (Å²) in [7, 11) is 0. The number of carbonyl (C=O) groups is 1. The summed E-state index contributed by atoms with van der Waals surface area (Å²) in [5, 5.41) is 30.9. The molecule has 0 saturated heterocycles. The smallest absolute Gasteiger partial charge is 0.330 e. The van der Waals surface area contributed by atoms with Crippen molar-refractivity contribution in [2.45, 2.75) is 124 Å². The molecule has 1 unspecified atom stereocenters. The molecule has 3 N–H and O–H groups in total. The van der Waals surface area contributed by atoms with Crippen LogP contribution < -0.4 is 0 Å². The average molecular weight is 475 g/mol. The molecule has 0 aliphatic heterocycles. The van der Waals surface area contributed by atoms with E-state index in [4.69, 9.17) is 5.11 Å². The summed E-state index contributed by atoms with van der Waals surface area (Å²) in [6.07, 6.45) is 15.5.